The molecule has 1 unspecified atom stereocenters. The Hall–Kier alpha value is -2.18. The van der Waals surface area contributed by atoms with Gasteiger partial charge in [-0.05, 0) is 18.9 Å². The molecular formula is C11H13N3O4. The van der Waals surface area contributed by atoms with Gasteiger partial charge < -0.3 is 9.64 Å². The Labute approximate surface area is 104 Å². The summed E-state index contributed by atoms with van der Waals surface area (Å²) in [6.45, 7) is 0.699. The van der Waals surface area contributed by atoms with E-state index in [1.54, 1.807) is 6.07 Å². The molecule has 96 valence electrons. The molecule has 1 aromatic rings. The van der Waals surface area contributed by atoms with Crippen molar-refractivity contribution in [2.75, 3.05) is 18.6 Å². The normalized spacial score (nSPS) is 18.7. The molecule has 1 fully saturated rings. The molecule has 2 heterocycles. The minimum Gasteiger partial charge on any atom is -0.467 e. The zero-order valence-corrected chi connectivity index (χ0v) is 9.91. The minimum absolute atomic E-state index is 0.0624. The van der Waals surface area contributed by atoms with Crippen LogP contribution in [0.5, 0.6) is 0 Å². The van der Waals surface area contributed by atoms with E-state index in [0.717, 1.165) is 6.42 Å². The van der Waals surface area contributed by atoms with Crippen molar-refractivity contribution in [3.05, 3.63) is 28.4 Å². The molecule has 1 aromatic heterocycles. The molecule has 7 nitrogen and oxygen atoms in total. The van der Waals surface area contributed by atoms with Gasteiger partial charge in [-0.15, -0.1) is 0 Å². The zero-order valence-electron chi connectivity index (χ0n) is 9.91. The highest BCUT2D eigenvalue weighted by Gasteiger charge is 2.32. The van der Waals surface area contributed by atoms with Gasteiger partial charge in [0.15, 0.2) is 0 Å². The smallest absolute Gasteiger partial charge is 0.328 e. The van der Waals surface area contributed by atoms with Crippen LogP contribution in [0.4, 0.5) is 11.5 Å². The van der Waals surface area contributed by atoms with Crippen LogP contribution in [0.2, 0.25) is 0 Å². The lowest BCUT2D eigenvalue weighted by atomic mass is 10.2. The second kappa shape index (κ2) is 4.99. The van der Waals surface area contributed by atoms with Crippen LogP contribution in [0, 0.1) is 10.1 Å². The summed E-state index contributed by atoms with van der Waals surface area (Å²) in [6, 6.07) is 2.60. The number of carbonyl (C=O) groups excluding carboxylic acids is 1. The lowest BCUT2D eigenvalue weighted by Gasteiger charge is -2.23. The first kappa shape index (κ1) is 12.3. The number of esters is 1. The number of rotatable bonds is 3. The fourth-order valence-electron chi connectivity index (χ4n) is 2.08. The van der Waals surface area contributed by atoms with Crippen molar-refractivity contribution < 1.29 is 14.5 Å². The first-order valence-electron chi connectivity index (χ1n) is 5.58. The Morgan fingerprint density at radius 2 is 2.39 bits per heavy atom. The van der Waals surface area contributed by atoms with Gasteiger partial charge in [-0.2, -0.15) is 0 Å². The summed E-state index contributed by atoms with van der Waals surface area (Å²) < 4.78 is 4.73. The number of anilines is 1. The molecular weight excluding hydrogens is 238 g/mol. The van der Waals surface area contributed by atoms with Crippen molar-refractivity contribution in [3.63, 3.8) is 0 Å². The molecule has 18 heavy (non-hydrogen) atoms. The number of ether oxygens (including phenoxy) is 1. The van der Waals surface area contributed by atoms with Gasteiger partial charge in [-0.1, -0.05) is 0 Å². The summed E-state index contributed by atoms with van der Waals surface area (Å²) in [7, 11) is 1.35. The molecule has 0 spiro atoms. The number of pyridine rings is 1. The lowest BCUT2D eigenvalue weighted by molar-refractivity contribution is -0.385. The van der Waals surface area contributed by atoms with E-state index in [1.807, 2.05) is 4.90 Å². The van der Waals surface area contributed by atoms with Crippen molar-refractivity contribution in [2.24, 2.45) is 0 Å². The van der Waals surface area contributed by atoms with Gasteiger partial charge in [-0.3, -0.25) is 10.1 Å². The maximum Gasteiger partial charge on any atom is 0.328 e. The molecule has 1 saturated heterocycles. The van der Waals surface area contributed by atoms with E-state index in [-0.39, 0.29) is 17.7 Å². The van der Waals surface area contributed by atoms with Gasteiger partial charge in [0.25, 0.3) is 5.69 Å². The lowest BCUT2D eigenvalue weighted by Crippen LogP contribution is -2.37. The number of hydrogen-bond acceptors (Lipinski definition) is 6. The standard InChI is InChI=1S/C11H13N3O4/c1-18-11(15)9-3-2-6-13(9)10-5-4-8(7-12-10)14(16)17/h4-5,7,9H,2-3,6H2,1H3. The van der Waals surface area contributed by atoms with Crippen molar-refractivity contribution in [1.82, 2.24) is 4.98 Å². The van der Waals surface area contributed by atoms with Crippen molar-refractivity contribution in [3.8, 4) is 0 Å². The Morgan fingerprint density at radius 1 is 1.61 bits per heavy atom. The van der Waals surface area contributed by atoms with Crippen LogP contribution in [-0.2, 0) is 9.53 Å². The second-order valence-electron chi connectivity index (χ2n) is 4.01. The van der Waals surface area contributed by atoms with Crippen LogP contribution < -0.4 is 4.90 Å². The van der Waals surface area contributed by atoms with Gasteiger partial charge in [-0.25, -0.2) is 9.78 Å². The van der Waals surface area contributed by atoms with Gasteiger partial charge in [0.2, 0.25) is 0 Å². The minimum atomic E-state index is -0.501. The predicted octanol–water partition coefficient (Wildman–Crippen LogP) is 1.13. The van der Waals surface area contributed by atoms with Gasteiger partial charge >= 0.3 is 5.97 Å². The second-order valence-corrected chi connectivity index (χ2v) is 4.01. The van der Waals surface area contributed by atoms with Gasteiger partial charge in [0.1, 0.15) is 18.1 Å². The summed E-state index contributed by atoms with van der Waals surface area (Å²) in [5, 5.41) is 10.5. The van der Waals surface area contributed by atoms with E-state index < -0.39 is 4.92 Å². The Kier molecular flexibility index (Phi) is 3.40. The number of methoxy groups -OCH3 is 1. The third-order valence-corrected chi connectivity index (χ3v) is 2.96. The zero-order chi connectivity index (χ0) is 13.1. The van der Waals surface area contributed by atoms with Crippen molar-refractivity contribution in [2.45, 2.75) is 18.9 Å². The number of nitrogens with zero attached hydrogens (tertiary/aromatic N) is 3. The van der Waals surface area contributed by atoms with Gasteiger partial charge in [0, 0.05) is 12.6 Å². The maximum absolute atomic E-state index is 11.6. The highest BCUT2D eigenvalue weighted by Crippen LogP contribution is 2.25. The average molecular weight is 251 g/mol. The molecule has 0 amide bonds. The molecule has 0 N–H and O–H groups in total. The SMILES string of the molecule is COC(=O)C1CCCN1c1ccc([N+](=O)[O-])cn1. The fourth-order valence-corrected chi connectivity index (χ4v) is 2.08. The molecule has 1 aliphatic heterocycles. The van der Waals surface area contributed by atoms with Crippen LogP contribution in [0.3, 0.4) is 0 Å². The quantitative estimate of drug-likeness (QED) is 0.455. The van der Waals surface area contributed by atoms with E-state index >= 15 is 0 Å². The number of aromatic nitrogens is 1. The summed E-state index contributed by atoms with van der Waals surface area (Å²) in [6.07, 6.45) is 2.78. The first-order valence-corrected chi connectivity index (χ1v) is 5.58. The first-order chi connectivity index (χ1) is 8.63. The van der Waals surface area contributed by atoms with Crippen LogP contribution in [0.15, 0.2) is 18.3 Å². The molecule has 1 aliphatic rings. The average Bonchev–Trinajstić information content (AvgIpc) is 2.87. The Morgan fingerprint density at radius 3 is 2.94 bits per heavy atom. The van der Waals surface area contributed by atoms with Gasteiger partial charge in [0.05, 0.1) is 12.0 Å². The molecule has 0 aliphatic carbocycles. The fraction of sp³-hybridized carbons (Fsp3) is 0.455. The van der Waals surface area contributed by atoms with Crippen molar-refractivity contribution >= 4 is 17.5 Å². The summed E-state index contributed by atoms with van der Waals surface area (Å²) in [5.74, 6) is 0.265. The van der Waals surface area contributed by atoms with E-state index in [4.69, 9.17) is 4.74 Å². The monoisotopic (exact) mass is 251 g/mol. The molecule has 0 radical (unpaired) electrons. The van der Waals surface area contributed by atoms with E-state index in [1.165, 1.54) is 19.4 Å². The third-order valence-electron chi connectivity index (χ3n) is 2.96. The highest BCUT2D eigenvalue weighted by molar-refractivity contribution is 5.80. The summed E-state index contributed by atoms with van der Waals surface area (Å²) in [5.41, 5.74) is -0.0624. The van der Waals surface area contributed by atoms with E-state index in [9.17, 15) is 14.9 Å². The highest BCUT2D eigenvalue weighted by atomic mass is 16.6. The topological polar surface area (TPSA) is 85.6 Å². The molecule has 1 atom stereocenters. The molecule has 0 saturated carbocycles. The number of carbonyl (C=O) groups is 1. The Bertz CT molecular complexity index is 460. The molecule has 0 aromatic carbocycles. The van der Waals surface area contributed by atoms with E-state index in [2.05, 4.69) is 4.98 Å². The van der Waals surface area contributed by atoms with Crippen LogP contribution in [0.25, 0.3) is 0 Å². The van der Waals surface area contributed by atoms with E-state index in [0.29, 0.717) is 18.8 Å². The van der Waals surface area contributed by atoms with Crippen LogP contribution in [-0.4, -0.2) is 35.6 Å². The van der Waals surface area contributed by atoms with Crippen molar-refractivity contribution in [1.29, 1.82) is 0 Å². The number of hydrogen-bond donors (Lipinski definition) is 0. The predicted molar refractivity (Wildman–Crippen MR) is 63.3 cm³/mol. The summed E-state index contributed by atoms with van der Waals surface area (Å²) in [4.78, 5) is 27.4. The largest absolute Gasteiger partial charge is 0.467 e. The Balaban J connectivity index is 2.20. The van der Waals surface area contributed by atoms with Crippen LogP contribution >= 0.6 is 0 Å². The third kappa shape index (κ3) is 2.24. The molecule has 7 heteroatoms. The maximum atomic E-state index is 11.6. The summed E-state index contributed by atoms with van der Waals surface area (Å²) >= 11 is 0. The number of nitro groups is 1. The van der Waals surface area contributed by atoms with Crippen LogP contribution in [0.1, 0.15) is 12.8 Å². The molecule has 2 rings (SSSR count). The molecule has 0 bridgehead atoms.